The number of ether oxygens (including phenoxy) is 1. The third kappa shape index (κ3) is 3.20. The molecule has 5 heteroatoms. The van der Waals surface area contributed by atoms with Crippen LogP contribution in [-0.4, -0.2) is 30.6 Å². The molecule has 0 fully saturated rings. The highest BCUT2D eigenvalue weighted by atomic mass is 16.5. The molecular formula is C11H17N3O2. The molecule has 3 N–H and O–H groups in total. The zero-order valence-corrected chi connectivity index (χ0v) is 9.56. The van der Waals surface area contributed by atoms with Gasteiger partial charge >= 0.3 is 0 Å². The Morgan fingerprint density at radius 1 is 1.69 bits per heavy atom. The van der Waals surface area contributed by atoms with Crippen LogP contribution in [0.5, 0.6) is 0 Å². The van der Waals surface area contributed by atoms with Crippen molar-refractivity contribution in [2.24, 2.45) is 5.73 Å². The molecule has 1 atom stereocenters. The molecule has 1 amide bonds. The molecule has 0 aliphatic heterocycles. The van der Waals surface area contributed by atoms with Crippen LogP contribution in [-0.2, 0) is 4.74 Å². The monoisotopic (exact) mass is 223 g/mol. The molecule has 0 aromatic carbocycles. The highest BCUT2D eigenvalue weighted by Crippen LogP contribution is 2.12. The predicted octanol–water partition coefficient (Wildman–Crippen LogP) is 1.02. The van der Waals surface area contributed by atoms with E-state index in [2.05, 4.69) is 10.3 Å². The number of rotatable bonds is 6. The lowest BCUT2D eigenvalue weighted by Crippen LogP contribution is -2.26. The summed E-state index contributed by atoms with van der Waals surface area (Å²) in [7, 11) is 1.64. The van der Waals surface area contributed by atoms with Gasteiger partial charge in [-0.1, -0.05) is 6.92 Å². The molecule has 1 unspecified atom stereocenters. The third-order valence-corrected chi connectivity index (χ3v) is 2.27. The standard InChI is InChI=1S/C11H17N3O2/c1-3-8(7-16-2)14-11-9(10(12)15)5-4-6-13-11/h4-6,8H,3,7H2,1-2H3,(H2,12,15)(H,13,14). The molecule has 1 aromatic rings. The van der Waals surface area contributed by atoms with Crippen molar-refractivity contribution in [3.8, 4) is 0 Å². The fourth-order valence-electron chi connectivity index (χ4n) is 1.38. The SMILES string of the molecule is CCC(COC)Nc1ncccc1C(N)=O. The topological polar surface area (TPSA) is 77.2 Å². The van der Waals surface area contributed by atoms with E-state index in [4.69, 9.17) is 10.5 Å². The first-order valence-corrected chi connectivity index (χ1v) is 5.19. The predicted molar refractivity (Wildman–Crippen MR) is 62.3 cm³/mol. The van der Waals surface area contributed by atoms with Crippen LogP contribution in [0.1, 0.15) is 23.7 Å². The number of aromatic nitrogens is 1. The fourth-order valence-corrected chi connectivity index (χ4v) is 1.38. The first-order valence-electron chi connectivity index (χ1n) is 5.19. The van der Waals surface area contributed by atoms with Crippen LogP contribution in [0.2, 0.25) is 0 Å². The van der Waals surface area contributed by atoms with Crippen LogP contribution < -0.4 is 11.1 Å². The second-order valence-corrected chi connectivity index (χ2v) is 3.47. The molecule has 1 aromatic heterocycles. The van der Waals surface area contributed by atoms with Gasteiger partial charge in [-0.3, -0.25) is 4.79 Å². The number of primary amides is 1. The molecule has 5 nitrogen and oxygen atoms in total. The Bertz CT molecular complexity index is 355. The summed E-state index contributed by atoms with van der Waals surface area (Å²) in [6.45, 7) is 2.59. The molecule has 16 heavy (non-hydrogen) atoms. The van der Waals surface area contributed by atoms with Gasteiger partial charge in [0.1, 0.15) is 5.82 Å². The Hall–Kier alpha value is -1.62. The maximum atomic E-state index is 11.2. The maximum Gasteiger partial charge on any atom is 0.252 e. The normalized spacial score (nSPS) is 12.1. The molecular weight excluding hydrogens is 206 g/mol. The van der Waals surface area contributed by atoms with E-state index < -0.39 is 5.91 Å². The van der Waals surface area contributed by atoms with Crippen molar-refractivity contribution in [2.75, 3.05) is 19.0 Å². The summed E-state index contributed by atoms with van der Waals surface area (Å²) < 4.78 is 5.06. The number of anilines is 1. The van der Waals surface area contributed by atoms with Crippen LogP contribution in [0.4, 0.5) is 5.82 Å². The lowest BCUT2D eigenvalue weighted by molar-refractivity contribution is 0.100. The van der Waals surface area contributed by atoms with Crippen LogP contribution in [0.15, 0.2) is 18.3 Å². The van der Waals surface area contributed by atoms with Crippen molar-refractivity contribution >= 4 is 11.7 Å². The Morgan fingerprint density at radius 2 is 2.44 bits per heavy atom. The van der Waals surface area contributed by atoms with Crippen LogP contribution >= 0.6 is 0 Å². The highest BCUT2D eigenvalue weighted by Gasteiger charge is 2.12. The number of amides is 1. The maximum absolute atomic E-state index is 11.2. The summed E-state index contributed by atoms with van der Waals surface area (Å²) in [4.78, 5) is 15.3. The first-order chi connectivity index (χ1) is 7.69. The molecule has 1 heterocycles. The molecule has 0 saturated heterocycles. The van der Waals surface area contributed by atoms with E-state index in [9.17, 15) is 4.79 Å². The number of hydrogen-bond donors (Lipinski definition) is 2. The number of hydrogen-bond acceptors (Lipinski definition) is 4. The minimum Gasteiger partial charge on any atom is -0.383 e. The van der Waals surface area contributed by atoms with E-state index in [1.54, 1.807) is 25.4 Å². The van der Waals surface area contributed by atoms with Crippen molar-refractivity contribution < 1.29 is 9.53 Å². The van der Waals surface area contributed by atoms with E-state index in [1.165, 1.54) is 0 Å². The molecule has 0 aliphatic carbocycles. The van der Waals surface area contributed by atoms with E-state index in [0.717, 1.165) is 6.42 Å². The minimum absolute atomic E-state index is 0.123. The molecule has 88 valence electrons. The number of carbonyl (C=O) groups excluding carboxylic acids is 1. The number of methoxy groups -OCH3 is 1. The van der Waals surface area contributed by atoms with E-state index >= 15 is 0 Å². The van der Waals surface area contributed by atoms with Crippen molar-refractivity contribution in [2.45, 2.75) is 19.4 Å². The Labute approximate surface area is 95.0 Å². The zero-order valence-electron chi connectivity index (χ0n) is 9.56. The van der Waals surface area contributed by atoms with Gasteiger partial charge in [-0.25, -0.2) is 4.98 Å². The van der Waals surface area contributed by atoms with Gasteiger partial charge in [-0.15, -0.1) is 0 Å². The molecule has 0 bridgehead atoms. The average Bonchev–Trinajstić information content (AvgIpc) is 2.29. The molecule has 0 saturated carbocycles. The van der Waals surface area contributed by atoms with E-state index in [-0.39, 0.29) is 6.04 Å². The quantitative estimate of drug-likeness (QED) is 0.754. The Morgan fingerprint density at radius 3 is 3.00 bits per heavy atom. The largest absolute Gasteiger partial charge is 0.383 e. The van der Waals surface area contributed by atoms with Gasteiger partial charge in [-0.05, 0) is 18.6 Å². The fraction of sp³-hybridized carbons (Fsp3) is 0.455. The lowest BCUT2D eigenvalue weighted by Gasteiger charge is -2.17. The number of pyridine rings is 1. The molecule has 0 aliphatic rings. The second-order valence-electron chi connectivity index (χ2n) is 3.47. The van der Waals surface area contributed by atoms with Gasteiger partial charge in [-0.2, -0.15) is 0 Å². The zero-order chi connectivity index (χ0) is 12.0. The van der Waals surface area contributed by atoms with Crippen molar-refractivity contribution in [3.63, 3.8) is 0 Å². The summed E-state index contributed by atoms with van der Waals surface area (Å²) in [5.74, 6) is 0.0294. The molecule has 0 radical (unpaired) electrons. The molecule has 1 rings (SSSR count). The van der Waals surface area contributed by atoms with Gasteiger partial charge in [0, 0.05) is 13.3 Å². The summed E-state index contributed by atoms with van der Waals surface area (Å²) in [5, 5.41) is 3.14. The first kappa shape index (κ1) is 12.4. The number of nitrogens with one attached hydrogen (secondary N) is 1. The Kier molecular flexibility index (Phi) is 4.72. The van der Waals surface area contributed by atoms with Crippen molar-refractivity contribution in [1.29, 1.82) is 0 Å². The minimum atomic E-state index is -0.483. The average molecular weight is 223 g/mol. The molecule has 0 spiro atoms. The van der Waals surface area contributed by atoms with Crippen molar-refractivity contribution in [3.05, 3.63) is 23.9 Å². The van der Waals surface area contributed by atoms with Gasteiger partial charge < -0.3 is 15.8 Å². The Balaban J connectivity index is 2.82. The van der Waals surface area contributed by atoms with Gasteiger partial charge in [0.15, 0.2) is 0 Å². The number of carbonyl (C=O) groups is 1. The van der Waals surface area contributed by atoms with Crippen molar-refractivity contribution in [1.82, 2.24) is 4.98 Å². The van der Waals surface area contributed by atoms with Gasteiger partial charge in [0.2, 0.25) is 0 Å². The summed E-state index contributed by atoms with van der Waals surface area (Å²) in [6.07, 6.45) is 2.50. The smallest absolute Gasteiger partial charge is 0.252 e. The van der Waals surface area contributed by atoms with Crippen LogP contribution in [0.25, 0.3) is 0 Å². The summed E-state index contributed by atoms with van der Waals surface area (Å²) >= 11 is 0. The van der Waals surface area contributed by atoms with Crippen LogP contribution in [0, 0.1) is 0 Å². The second kappa shape index (κ2) is 6.07. The number of nitrogens with two attached hydrogens (primary N) is 1. The third-order valence-electron chi connectivity index (χ3n) is 2.27. The van der Waals surface area contributed by atoms with Crippen LogP contribution in [0.3, 0.4) is 0 Å². The lowest BCUT2D eigenvalue weighted by atomic mass is 10.2. The van der Waals surface area contributed by atoms with E-state index in [0.29, 0.717) is 18.0 Å². The van der Waals surface area contributed by atoms with Gasteiger partial charge in [0.25, 0.3) is 5.91 Å². The summed E-state index contributed by atoms with van der Waals surface area (Å²) in [6, 6.07) is 3.46. The van der Waals surface area contributed by atoms with E-state index in [1.807, 2.05) is 6.92 Å². The van der Waals surface area contributed by atoms with Gasteiger partial charge in [0.05, 0.1) is 18.2 Å². The number of nitrogens with zero attached hydrogens (tertiary/aromatic N) is 1. The summed E-state index contributed by atoms with van der Waals surface area (Å²) in [5.41, 5.74) is 5.66. The highest BCUT2D eigenvalue weighted by molar-refractivity contribution is 5.97.